The highest BCUT2D eigenvalue weighted by atomic mass is 35.5. The summed E-state index contributed by atoms with van der Waals surface area (Å²) in [6.45, 7) is 1.23. The van der Waals surface area contributed by atoms with Crippen LogP contribution in [0.25, 0.3) is 0 Å². The number of aliphatic hydroxyl groups is 1. The molecule has 7 heteroatoms. The fraction of sp³-hybridized carbons (Fsp3) is 0.231. The first-order valence-electron chi connectivity index (χ1n) is 5.83. The number of benzene rings is 1. The van der Waals surface area contributed by atoms with Gasteiger partial charge in [-0.2, -0.15) is 0 Å². The molecule has 0 radical (unpaired) electrons. The predicted octanol–water partition coefficient (Wildman–Crippen LogP) is 2.12. The zero-order valence-corrected chi connectivity index (χ0v) is 12.3. The summed E-state index contributed by atoms with van der Waals surface area (Å²) >= 11 is 5.86. The summed E-state index contributed by atoms with van der Waals surface area (Å²) in [5.74, 6) is 0.277. The Morgan fingerprint density at radius 3 is 2.60 bits per heavy atom. The largest absolute Gasteiger partial charge is 0.466 e. The van der Waals surface area contributed by atoms with Gasteiger partial charge in [0, 0.05) is 6.54 Å². The van der Waals surface area contributed by atoms with Crippen LogP contribution in [0.1, 0.15) is 12.7 Å². The van der Waals surface area contributed by atoms with E-state index in [9.17, 15) is 13.5 Å². The highest BCUT2D eigenvalue weighted by molar-refractivity contribution is 7.89. The van der Waals surface area contributed by atoms with E-state index in [0.29, 0.717) is 0 Å². The molecule has 0 aliphatic carbocycles. The summed E-state index contributed by atoms with van der Waals surface area (Å²) in [7, 11) is -3.80. The van der Waals surface area contributed by atoms with Crippen LogP contribution >= 0.6 is 11.6 Å². The van der Waals surface area contributed by atoms with E-state index in [1.165, 1.54) is 25.3 Å². The van der Waals surface area contributed by atoms with Crippen molar-refractivity contribution in [1.82, 2.24) is 4.72 Å². The maximum absolute atomic E-state index is 12.1. The molecule has 0 aliphatic heterocycles. The van der Waals surface area contributed by atoms with E-state index in [2.05, 4.69) is 4.72 Å². The molecule has 0 saturated heterocycles. The zero-order chi connectivity index (χ0) is 14.8. The molecule has 2 rings (SSSR count). The normalized spacial score (nSPS) is 14.9. The molecule has 108 valence electrons. The van der Waals surface area contributed by atoms with Crippen molar-refractivity contribution in [3.8, 4) is 0 Å². The number of nitrogens with one attached hydrogen (secondary N) is 1. The molecule has 2 N–H and O–H groups in total. The summed E-state index contributed by atoms with van der Waals surface area (Å²) in [5, 5.41) is 10.3. The van der Waals surface area contributed by atoms with Gasteiger partial charge < -0.3 is 9.52 Å². The van der Waals surface area contributed by atoms with Crippen molar-refractivity contribution >= 4 is 21.6 Å². The Hall–Kier alpha value is -1.34. The van der Waals surface area contributed by atoms with E-state index in [4.69, 9.17) is 16.0 Å². The van der Waals surface area contributed by atoms with Crippen LogP contribution in [0, 0.1) is 0 Å². The van der Waals surface area contributed by atoms with Crippen molar-refractivity contribution in [2.45, 2.75) is 17.4 Å². The fourth-order valence-corrected chi connectivity index (χ4v) is 3.30. The molecule has 20 heavy (non-hydrogen) atoms. The Kier molecular flexibility index (Phi) is 4.19. The first-order valence-corrected chi connectivity index (χ1v) is 7.69. The number of rotatable bonds is 5. The van der Waals surface area contributed by atoms with Crippen LogP contribution in [0.15, 0.2) is 52.0 Å². The molecule has 1 aromatic carbocycles. The Labute approximate surface area is 122 Å². The van der Waals surface area contributed by atoms with E-state index >= 15 is 0 Å². The molecule has 0 fully saturated rings. The number of hydrogen-bond donors (Lipinski definition) is 2. The van der Waals surface area contributed by atoms with Crippen molar-refractivity contribution < 1.29 is 17.9 Å². The topological polar surface area (TPSA) is 79.5 Å². The maximum Gasteiger partial charge on any atom is 0.242 e. The van der Waals surface area contributed by atoms with Crippen LogP contribution in [0.2, 0.25) is 5.02 Å². The van der Waals surface area contributed by atoms with Crippen LogP contribution in [0.4, 0.5) is 0 Å². The standard InChI is InChI=1S/C13H14ClNO4S/c1-13(16,12-7-4-8-19-12)9-15-20(17,18)11-6-3-2-5-10(11)14/h2-8,15-16H,9H2,1H3/t13-/m0/s1. The van der Waals surface area contributed by atoms with Gasteiger partial charge in [0.05, 0.1) is 11.3 Å². The van der Waals surface area contributed by atoms with E-state index in [1.807, 2.05) is 0 Å². The van der Waals surface area contributed by atoms with E-state index < -0.39 is 15.6 Å². The lowest BCUT2D eigenvalue weighted by Gasteiger charge is -2.21. The van der Waals surface area contributed by atoms with Gasteiger partial charge in [-0.05, 0) is 31.2 Å². The zero-order valence-electron chi connectivity index (χ0n) is 10.7. The molecule has 1 heterocycles. The van der Waals surface area contributed by atoms with Gasteiger partial charge in [0.15, 0.2) is 0 Å². The van der Waals surface area contributed by atoms with Gasteiger partial charge in [0.2, 0.25) is 10.0 Å². The Morgan fingerprint density at radius 2 is 2.00 bits per heavy atom. The molecule has 0 amide bonds. The van der Waals surface area contributed by atoms with Gasteiger partial charge in [-0.1, -0.05) is 23.7 Å². The monoisotopic (exact) mass is 315 g/mol. The van der Waals surface area contributed by atoms with E-state index in [1.54, 1.807) is 24.3 Å². The second-order valence-electron chi connectivity index (χ2n) is 4.51. The van der Waals surface area contributed by atoms with Crippen LogP contribution in [-0.2, 0) is 15.6 Å². The summed E-state index contributed by atoms with van der Waals surface area (Å²) in [4.78, 5) is -0.0306. The van der Waals surface area contributed by atoms with Gasteiger partial charge in [0.25, 0.3) is 0 Å². The summed E-state index contributed by atoms with van der Waals surface area (Å²) in [6.07, 6.45) is 1.41. The third kappa shape index (κ3) is 3.21. The van der Waals surface area contributed by atoms with Crippen molar-refractivity contribution in [3.63, 3.8) is 0 Å². The minimum atomic E-state index is -3.80. The number of halogens is 1. The lowest BCUT2D eigenvalue weighted by atomic mass is 10.1. The lowest BCUT2D eigenvalue weighted by Crippen LogP contribution is -2.38. The summed E-state index contributed by atoms with van der Waals surface area (Å²) in [5.41, 5.74) is -1.45. The van der Waals surface area contributed by atoms with Gasteiger partial charge in [-0.15, -0.1) is 0 Å². The third-order valence-electron chi connectivity index (χ3n) is 2.78. The van der Waals surface area contributed by atoms with Crippen LogP contribution in [-0.4, -0.2) is 20.1 Å². The summed E-state index contributed by atoms with van der Waals surface area (Å²) in [6, 6.07) is 9.29. The highest BCUT2D eigenvalue weighted by Crippen LogP contribution is 2.23. The number of furan rings is 1. The van der Waals surface area contributed by atoms with Gasteiger partial charge in [-0.3, -0.25) is 0 Å². The molecule has 0 unspecified atom stereocenters. The molecular weight excluding hydrogens is 302 g/mol. The van der Waals surface area contributed by atoms with Crippen LogP contribution in [0.5, 0.6) is 0 Å². The number of sulfonamides is 1. The van der Waals surface area contributed by atoms with Gasteiger partial charge in [0.1, 0.15) is 16.3 Å². The third-order valence-corrected chi connectivity index (χ3v) is 4.69. The molecule has 5 nitrogen and oxygen atoms in total. The molecule has 0 saturated carbocycles. The van der Waals surface area contributed by atoms with Crippen molar-refractivity contribution in [1.29, 1.82) is 0 Å². The minimum absolute atomic E-state index is 0.0306. The second kappa shape index (κ2) is 5.57. The van der Waals surface area contributed by atoms with Gasteiger partial charge in [-0.25, -0.2) is 13.1 Å². The average Bonchev–Trinajstić information content (AvgIpc) is 2.92. The molecular formula is C13H14ClNO4S. The van der Waals surface area contributed by atoms with Crippen molar-refractivity contribution in [2.75, 3.05) is 6.54 Å². The SMILES string of the molecule is C[C@](O)(CNS(=O)(=O)c1ccccc1Cl)c1ccco1. The predicted molar refractivity (Wildman–Crippen MR) is 74.9 cm³/mol. The molecule has 0 bridgehead atoms. The molecule has 0 spiro atoms. The van der Waals surface area contributed by atoms with Crippen LogP contribution < -0.4 is 4.72 Å². The van der Waals surface area contributed by atoms with Gasteiger partial charge >= 0.3 is 0 Å². The highest BCUT2D eigenvalue weighted by Gasteiger charge is 2.29. The van der Waals surface area contributed by atoms with Crippen molar-refractivity contribution in [3.05, 3.63) is 53.4 Å². The van der Waals surface area contributed by atoms with E-state index in [-0.39, 0.29) is 22.2 Å². The summed E-state index contributed by atoms with van der Waals surface area (Å²) < 4.78 is 31.7. The maximum atomic E-state index is 12.1. The number of hydrogen-bond acceptors (Lipinski definition) is 4. The quantitative estimate of drug-likeness (QED) is 0.885. The Bertz CT molecular complexity index is 680. The first kappa shape index (κ1) is 15.1. The first-order chi connectivity index (χ1) is 9.33. The molecule has 1 aromatic heterocycles. The molecule has 2 aromatic rings. The van der Waals surface area contributed by atoms with E-state index in [0.717, 1.165) is 0 Å². The Morgan fingerprint density at radius 1 is 1.30 bits per heavy atom. The Balaban J connectivity index is 2.17. The fourth-order valence-electron chi connectivity index (χ4n) is 1.65. The smallest absolute Gasteiger partial charge is 0.242 e. The molecule has 1 atom stereocenters. The second-order valence-corrected chi connectivity index (χ2v) is 6.65. The minimum Gasteiger partial charge on any atom is -0.466 e. The van der Waals surface area contributed by atoms with Crippen LogP contribution in [0.3, 0.4) is 0 Å². The molecule has 0 aliphatic rings. The van der Waals surface area contributed by atoms with Crippen molar-refractivity contribution in [2.24, 2.45) is 0 Å². The lowest BCUT2D eigenvalue weighted by molar-refractivity contribution is 0.0395. The average molecular weight is 316 g/mol.